The molecule has 0 saturated carbocycles. The van der Waals surface area contributed by atoms with Gasteiger partial charge in [0, 0.05) is 12.1 Å². The van der Waals surface area contributed by atoms with Crippen molar-refractivity contribution in [3.8, 4) is 0 Å². The van der Waals surface area contributed by atoms with Gasteiger partial charge >= 0.3 is 0 Å². The van der Waals surface area contributed by atoms with Gasteiger partial charge in [0.25, 0.3) is 0 Å². The molecule has 0 unspecified atom stereocenters. The molecule has 0 aliphatic carbocycles. The summed E-state index contributed by atoms with van der Waals surface area (Å²) in [5.74, 6) is 0.216. The Morgan fingerprint density at radius 2 is 2.13 bits per heavy atom. The second kappa shape index (κ2) is 3.45. The SMILES string of the molecule is CC(C)(C)n1cnc2c1CNCC(=O)C2. The maximum absolute atomic E-state index is 11.4. The van der Waals surface area contributed by atoms with Crippen LogP contribution < -0.4 is 5.32 Å². The molecule has 1 aliphatic rings. The number of fused-ring (bicyclic) bond motifs is 1. The molecule has 2 heterocycles. The van der Waals surface area contributed by atoms with Gasteiger partial charge < -0.3 is 9.88 Å². The first-order valence-electron chi connectivity index (χ1n) is 5.26. The Balaban J connectivity index is 2.42. The summed E-state index contributed by atoms with van der Waals surface area (Å²) in [6.45, 7) is 7.61. The normalized spacial score (nSPS) is 17.4. The third-order valence-corrected chi connectivity index (χ3v) is 2.65. The van der Waals surface area contributed by atoms with Gasteiger partial charge in [-0.25, -0.2) is 4.98 Å². The van der Waals surface area contributed by atoms with Crippen LogP contribution in [0.4, 0.5) is 0 Å². The largest absolute Gasteiger partial charge is 0.328 e. The summed E-state index contributed by atoms with van der Waals surface area (Å²) in [6.07, 6.45) is 2.30. The molecule has 0 bridgehead atoms. The minimum absolute atomic E-state index is 0.0235. The summed E-state index contributed by atoms with van der Waals surface area (Å²) >= 11 is 0. The van der Waals surface area contributed by atoms with Crippen LogP contribution in [0.2, 0.25) is 0 Å². The fourth-order valence-corrected chi connectivity index (χ4v) is 1.89. The molecule has 1 aliphatic heterocycles. The summed E-state index contributed by atoms with van der Waals surface area (Å²) < 4.78 is 2.15. The van der Waals surface area contributed by atoms with Gasteiger partial charge in [-0.1, -0.05) is 0 Å². The van der Waals surface area contributed by atoms with E-state index in [1.807, 2.05) is 6.33 Å². The number of nitrogens with one attached hydrogen (secondary N) is 1. The van der Waals surface area contributed by atoms with Gasteiger partial charge in [-0.05, 0) is 20.8 Å². The van der Waals surface area contributed by atoms with Gasteiger partial charge in [-0.2, -0.15) is 0 Å². The highest BCUT2D eigenvalue weighted by Crippen LogP contribution is 2.20. The first-order valence-corrected chi connectivity index (χ1v) is 5.26. The second-order valence-electron chi connectivity index (χ2n) is 5.00. The summed E-state index contributed by atoms with van der Waals surface area (Å²) in [7, 11) is 0. The van der Waals surface area contributed by atoms with E-state index in [1.165, 1.54) is 0 Å². The van der Waals surface area contributed by atoms with Crippen LogP contribution >= 0.6 is 0 Å². The quantitative estimate of drug-likeness (QED) is 0.686. The summed E-state index contributed by atoms with van der Waals surface area (Å²) in [5.41, 5.74) is 2.10. The number of Topliss-reactive ketones (excluding diaryl/α,β-unsaturated/α-hetero) is 1. The van der Waals surface area contributed by atoms with Crippen LogP contribution in [0.5, 0.6) is 0 Å². The molecule has 0 amide bonds. The van der Waals surface area contributed by atoms with E-state index >= 15 is 0 Å². The molecule has 4 nitrogen and oxygen atoms in total. The molecule has 0 fully saturated rings. The molecular weight excluding hydrogens is 190 g/mol. The minimum Gasteiger partial charge on any atom is -0.328 e. The maximum Gasteiger partial charge on any atom is 0.152 e. The number of nitrogens with zero attached hydrogens (tertiary/aromatic N) is 2. The lowest BCUT2D eigenvalue weighted by Gasteiger charge is -2.23. The lowest BCUT2D eigenvalue weighted by Crippen LogP contribution is -2.26. The van der Waals surface area contributed by atoms with E-state index in [0.717, 1.165) is 17.9 Å². The van der Waals surface area contributed by atoms with Crippen molar-refractivity contribution in [1.29, 1.82) is 0 Å². The molecule has 1 aromatic heterocycles. The molecule has 0 aromatic carbocycles. The third-order valence-electron chi connectivity index (χ3n) is 2.65. The highest BCUT2D eigenvalue weighted by molar-refractivity contribution is 5.83. The number of ketones is 1. The number of carbonyl (C=O) groups is 1. The first-order chi connectivity index (χ1) is 6.98. The van der Waals surface area contributed by atoms with Gasteiger partial charge in [0.2, 0.25) is 0 Å². The van der Waals surface area contributed by atoms with Crippen molar-refractivity contribution >= 4 is 5.78 Å². The van der Waals surface area contributed by atoms with Gasteiger partial charge in [-0.3, -0.25) is 4.79 Å². The molecule has 0 saturated heterocycles. The predicted molar refractivity (Wildman–Crippen MR) is 57.6 cm³/mol. The molecule has 2 rings (SSSR count). The summed E-state index contributed by atoms with van der Waals surface area (Å²) in [5, 5.41) is 3.14. The number of imidazole rings is 1. The molecule has 0 atom stereocenters. The van der Waals surface area contributed by atoms with Crippen LogP contribution in [0.15, 0.2) is 6.33 Å². The zero-order valence-electron chi connectivity index (χ0n) is 9.50. The Morgan fingerprint density at radius 1 is 1.40 bits per heavy atom. The van der Waals surface area contributed by atoms with E-state index < -0.39 is 0 Å². The van der Waals surface area contributed by atoms with Crippen molar-refractivity contribution in [1.82, 2.24) is 14.9 Å². The fraction of sp³-hybridized carbons (Fsp3) is 0.636. The number of aromatic nitrogens is 2. The van der Waals surface area contributed by atoms with Crippen molar-refractivity contribution in [2.75, 3.05) is 6.54 Å². The number of hydrogen-bond acceptors (Lipinski definition) is 3. The third kappa shape index (κ3) is 1.95. The smallest absolute Gasteiger partial charge is 0.152 e. The maximum atomic E-state index is 11.4. The molecular formula is C11H17N3O. The standard InChI is InChI=1S/C11H17N3O/c1-11(2,3)14-7-13-9-4-8(15)5-12-6-10(9)14/h7,12H,4-6H2,1-3H3. The van der Waals surface area contributed by atoms with Gasteiger partial charge in [-0.15, -0.1) is 0 Å². The van der Waals surface area contributed by atoms with Crippen LogP contribution in [-0.4, -0.2) is 21.9 Å². The van der Waals surface area contributed by atoms with E-state index in [9.17, 15) is 4.79 Å². The topological polar surface area (TPSA) is 46.9 Å². The Bertz CT molecular complexity index is 387. The van der Waals surface area contributed by atoms with E-state index in [0.29, 0.717) is 13.0 Å². The second-order valence-corrected chi connectivity index (χ2v) is 5.00. The molecule has 1 aromatic rings. The monoisotopic (exact) mass is 207 g/mol. The van der Waals surface area contributed by atoms with Crippen molar-refractivity contribution < 1.29 is 4.79 Å². The number of carbonyl (C=O) groups excluding carboxylic acids is 1. The van der Waals surface area contributed by atoms with Crippen molar-refractivity contribution in [3.05, 3.63) is 17.7 Å². The average Bonchev–Trinajstić information content (AvgIpc) is 2.40. The van der Waals surface area contributed by atoms with E-state index in [2.05, 4.69) is 35.6 Å². The molecule has 15 heavy (non-hydrogen) atoms. The van der Waals surface area contributed by atoms with Crippen LogP contribution in [0.25, 0.3) is 0 Å². The minimum atomic E-state index is 0.0235. The highest BCUT2D eigenvalue weighted by atomic mass is 16.1. The fourth-order valence-electron chi connectivity index (χ4n) is 1.89. The van der Waals surface area contributed by atoms with E-state index in [-0.39, 0.29) is 11.3 Å². The van der Waals surface area contributed by atoms with Crippen LogP contribution in [0, 0.1) is 0 Å². The van der Waals surface area contributed by atoms with Crippen LogP contribution in [-0.2, 0) is 23.3 Å². The van der Waals surface area contributed by atoms with Gasteiger partial charge in [0.05, 0.1) is 30.7 Å². The van der Waals surface area contributed by atoms with E-state index in [4.69, 9.17) is 0 Å². The Labute approximate surface area is 89.7 Å². The predicted octanol–water partition coefficient (Wildman–Crippen LogP) is 0.853. The van der Waals surface area contributed by atoms with E-state index in [1.54, 1.807) is 0 Å². The Morgan fingerprint density at radius 3 is 2.80 bits per heavy atom. The average molecular weight is 207 g/mol. The Hall–Kier alpha value is -1.16. The number of hydrogen-bond donors (Lipinski definition) is 1. The molecule has 82 valence electrons. The molecule has 4 heteroatoms. The summed E-state index contributed by atoms with van der Waals surface area (Å²) in [4.78, 5) is 15.7. The van der Waals surface area contributed by atoms with Gasteiger partial charge in [0.15, 0.2) is 5.78 Å². The van der Waals surface area contributed by atoms with Gasteiger partial charge in [0.1, 0.15) is 0 Å². The first kappa shape index (κ1) is 10.4. The lowest BCUT2D eigenvalue weighted by atomic mass is 10.1. The zero-order chi connectivity index (χ0) is 11.1. The zero-order valence-corrected chi connectivity index (χ0v) is 9.50. The summed E-state index contributed by atoms with van der Waals surface area (Å²) in [6, 6.07) is 0. The lowest BCUT2D eigenvalue weighted by molar-refractivity contribution is -0.117. The number of rotatable bonds is 0. The van der Waals surface area contributed by atoms with Crippen molar-refractivity contribution in [3.63, 3.8) is 0 Å². The van der Waals surface area contributed by atoms with Crippen molar-refractivity contribution in [2.45, 2.75) is 39.3 Å². The van der Waals surface area contributed by atoms with Crippen molar-refractivity contribution in [2.24, 2.45) is 0 Å². The molecule has 1 N–H and O–H groups in total. The molecule has 0 radical (unpaired) electrons. The van der Waals surface area contributed by atoms with Crippen LogP contribution in [0.3, 0.4) is 0 Å². The highest BCUT2D eigenvalue weighted by Gasteiger charge is 2.23. The van der Waals surface area contributed by atoms with Crippen LogP contribution in [0.1, 0.15) is 32.2 Å². The Kier molecular flexibility index (Phi) is 2.38. The molecule has 0 spiro atoms.